The van der Waals surface area contributed by atoms with Crippen molar-refractivity contribution in [1.82, 2.24) is 5.32 Å². The Bertz CT molecular complexity index is 398. The summed E-state index contributed by atoms with van der Waals surface area (Å²) in [5, 5.41) is 3.65. The van der Waals surface area contributed by atoms with Gasteiger partial charge < -0.3 is 10.1 Å². The number of hydrogen-bond donors (Lipinski definition) is 1. The monoisotopic (exact) mass is 289 g/mol. The van der Waals surface area contributed by atoms with Gasteiger partial charge >= 0.3 is 0 Å². The van der Waals surface area contributed by atoms with E-state index in [0.717, 1.165) is 13.2 Å². The van der Waals surface area contributed by atoms with Crippen molar-refractivity contribution in [3.63, 3.8) is 0 Å². The fourth-order valence-electron chi connectivity index (χ4n) is 3.27. The normalized spacial score (nSPS) is 20.4. The van der Waals surface area contributed by atoms with Crippen molar-refractivity contribution in [1.29, 1.82) is 0 Å². The van der Waals surface area contributed by atoms with Gasteiger partial charge in [-0.05, 0) is 56.2 Å². The van der Waals surface area contributed by atoms with E-state index in [0.29, 0.717) is 12.1 Å². The first-order chi connectivity index (χ1) is 10.3. The zero-order valence-corrected chi connectivity index (χ0v) is 13.7. The summed E-state index contributed by atoms with van der Waals surface area (Å²) in [7, 11) is 0. The highest BCUT2D eigenvalue weighted by atomic mass is 16.5. The Morgan fingerprint density at radius 1 is 1.29 bits per heavy atom. The molecule has 0 amide bonds. The van der Waals surface area contributed by atoms with Gasteiger partial charge in [0.2, 0.25) is 0 Å². The Hall–Kier alpha value is -0.860. The summed E-state index contributed by atoms with van der Waals surface area (Å²) in [5.41, 5.74) is 2.91. The van der Waals surface area contributed by atoms with Crippen LogP contribution in [0.15, 0.2) is 24.3 Å². The summed E-state index contributed by atoms with van der Waals surface area (Å²) >= 11 is 0. The fourth-order valence-corrected chi connectivity index (χ4v) is 3.27. The summed E-state index contributed by atoms with van der Waals surface area (Å²) in [6, 6.07) is 9.59. The van der Waals surface area contributed by atoms with Crippen molar-refractivity contribution in [3.05, 3.63) is 35.4 Å². The van der Waals surface area contributed by atoms with Gasteiger partial charge in [0.15, 0.2) is 0 Å². The van der Waals surface area contributed by atoms with Crippen molar-refractivity contribution >= 4 is 0 Å². The first-order valence-corrected chi connectivity index (χ1v) is 8.77. The highest BCUT2D eigenvalue weighted by molar-refractivity contribution is 5.26. The lowest BCUT2D eigenvalue weighted by Gasteiger charge is -2.25. The molecule has 1 fully saturated rings. The zero-order chi connectivity index (χ0) is 14.9. The van der Waals surface area contributed by atoms with Crippen LogP contribution in [0.4, 0.5) is 0 Å². The molecule has 0 aliphatic carbocycles. The van der Waals surface area contributed by atoms with Crippen LogP contribution in [0.5, 0.6) is 0 Å². The molecule has 0 radical (unpaired) electrons. The molecule has 0 spiro atoms. The Morgan fingerprint density at radius 3 is 2.90 bits per heavy atom. The van der Waals surface area contributed by atoms with Crippen LogP contribution in [0.2, 0.25) is 0 Å². The molecule has 2 heteroatoms. The summed E-state index contributed by atoms with van der Waals surface area (Å²) in [4.78, 5) is 0. The fraction of sp³-hybridized carbons (Fsp3) is 0.684. The average Bonchev–Trinajstić information content (AvgIpc) is 2.53. The van der Waals surface area contributed by atoms with Crippen LogP contribution in [0, 0.1) is 0 Å². The number of hydrogen-bond acceptors (Lipinski definition) is 2. The predicted octanol–water partition coefficient (Wildman–Crippen LogP) is 4.64. The number of benzene rings is 1. The van der Waals surface area contributed by atoms with E-state index in [2.05, 4.69) is 43.4 Å². The maximum absolute atomic E-state index is 5.88. The predicted molar refractivity (Wildman–Crippen MR) is 89.7 cm³/mol. The molecule has 1 aromatic carbocycles. The van der Waals surface area contributed by atoms with E-state index in [9.17, 15) is 0 Å². The molecule has 1 N–H and O–H groups in total. The molecular formula is C19H31NO. The van der Waals surface area contributed by atoms with E-state index in [-0.39, 0.29) is 0 Å². The average molecular weight is 289 g/mol. The molecule has 21 heavy (non-hydrogen) atoms. The van der Waals surface area contributed by atoms with E-state index in [1.54, 1.807) is 0 Å². The van der Waals surface area contributed by atoms with Crippen LogP contribution in [-0.4, -0.2) is 19.3 Å². The zero-order valence-electron chi connectivity index (χ0n) is 13.7. The van der Waals surface area contributed by atoms with Crippen molar-refractivity contribution < 1.29 is 4.74 Å². The Kier molecular flexibility index (Phi) is 7.25. The second-order valence-corrected chi connectivity index (χ2v) is 6.17. The van der Waals surface area contributed by atoms with Crippen molar-refractivity contribution in [3.8, 4) is 0 Å². The van der Waals surface area contributed by atoms with Gasteiger partial charge in [-0.25, -0.2) is 0 Å². The molecule has 1 aliphatic rings. The molecule has 0 aromatic heterocycles. The van der Waals surface area contributed by atoms with Gasteiger partial charge in [-0.2, -0.15) is 0 Å². The molecular weight excluding hydrogens is 258 g/mol. The Balaban J connectivity index is 1.94. The molecule has 1 aliphatic heterocycles. The van der Waals surface area contributed by atoms with Gasteiger partial charge in [-0.15, -0.1) is 0 Å². The van der Waals surface area contributed by atoms with Gasteiger partial charge in [0.1, 0.15) is 0 Å². The van der Waals surface area contributed by atoms with E-state index >= 15 is 0 Å². The van der Waals surface area contributed by atoms with E-state index in [1.807, 2.05) is 0 Å². The molecule has 0 saturated carbocycles. The van der Waals surface area contributed by atoms with Crippen LogP contribution in [0.3, 0.4) is 0 Å². The third-order valence-electron chi connectivity index (χ3n) is 4.39. The molecule has 1 heterocycles. The molecule has 2 unspecified atom stereocenters. The van der Waals surface area contributed by atoms with E-state index in [1.165, 1.54) is 56.1 Å². The molecule has 2 rings (SSSR count). The van der Waals surface area contributed by atoms with Crippen LogP contribution in [0.25, 0.3) is 0 Å². The van der Waals surface area contributed by atoms with Crippen LogP contribution < -0.4 is 5.32 Å². The van der Waals surface area contributed by atoms with Gasteiger partial charge in [0, 0.05) is 12.6 Å². The summed E-state index contributed by atoms with van der Waals surface area (Å²) < 4.78 is 5.88. The third kappa shape index (κ3) is 5.44. The first kappa shape index (κ1) is 16.5. The smallest absolute Gasteiger partial charge is 0.0575 e. The van der Waals surface area contributed by atoms with Crippen LogP contribution >= 0.6 is 0 Å². The maximum atomic E-state index is 5.88. The topological polar surface area (TPSA) is 21.3 Å². The lowest BCUT2D eigenvalue weighted by Crippen LogP contribution is -2.25. The van der Waals surface area contributed by atoms with Crippen LogP contribution in [0.1, 0.15) is 69.5 Å². The minimum absolute atomic E-state index is 0.470. The van der Waals surface area contributed by atoms with Crippen molar-refractivity contribution in [2.24, 2.45) is 0 Å². The maximum Gasteiger partial charge on any atom is 0.0575 e. The molecule has 0 bridgehead atoms. The number of aryl methyl sites for hydroxylation is 1. The van der Waals surface area contributed by atoms with Crippen molar-refractivity contribution in [2.75, 3.05) is 13.2 Å². The molecule has 1 aromatic rings. The quantitative estimate of drug-likeness (QED) is 0.753. The highest BCUT2D eigenvalue weighted by Gasteiger charge is 2.17. The summed E-state index contributed by atoms with van der Waals surface area (Å²) in [6.45, 7) is 6.42. The third-order valence-corrected chi connectivity index (χ3v) is 4.39. The molecule has 118 valence electrons. The lowest BCUT2D eigenvalue weighted by atomic mass is 9.95. The summed E-state index contributed by atoms with van der Waals surface area (Å²) in [5.74, 6) is 0. The highest BCUT2D eigenvalue weighted by Crippen LogP contribution is 2.24. The van der Waals surface area contributed by atoms with Gasteiger partial charge in [-0.1, -0.05) is 44.5 Å². The van der Waals surface area contributed by atoms with Crippen LogP contribution in [-0.2, 0) is 11.2 Å². The van der Waals surface area contributed by atoms with Gasteiger partial charge in [0.25, 0.3) is 0 Å². The second kappa shape index (κ2) is 9.22. The molecule has 2 nitrogen and oxygen atoms in total. The molecule has 2 atom stereocenters. The minimum Gasteiger partial charge on any atom is -0.378 e. The molecule has 1 saturated heterocycles. The van der Waals surface area contributed by atoms with Gasteiger partial charge in [-0.3, -0.25) is 0 Å². The van der Waals surface area contributed by atoms with E-state index < -0.39 is 0 Å². The van der Waals surface area contributed by atoms with Crippen molar-refractivity contribution in [2.45, 2.75) is 70.9 Å². The Labute approximate surface area is 130 Å². The minimum atomic E-state index is 0.470. The number of nitrogens with one attached hydrogen (secondary N) is 1. The second-order valence-electron chi connectivity index (χ2n) is 6.17. The summed E-state index contributed by atoms with van der Waals surface area (Å²) in [6.07, 6.45) is 9.05. The lowest BCUT2D eigenvalue weighted by molar-refractivity contribution is 0.00856. The Morgan fingerprint density at radius 2 is 2.19 bits per heavy atom. The largest absolute Gasteiger partial charge is 0.378 e. The first-order valence-electron chi connectivity index (χ1n) is 8.77. The SMILES string of the molecule is CCCc1cccc(C(CCC2CCCCO2)NCC)c1. The number of rotatable bonds is 8. The van der Waals surface area contributed by atoms with E-state index in [4.69, 9.17) is 4.74 Å². The standard InChI is InChI=1S/C19H31NO/c1-3-8-16-9-7-10-17(15-16)19(20-4-2)13-12-18-11-5-6-14-21-18/h7,9-10,15,18-20H,3-6,8,11-14H2,1-2H3. The number of ether oxygens (including phenoxy) is 1. The van der Waals surface area contributed by atoms with Gasteiger partial charge in [0.05, 0.1) is 6.10 Å².